The van der Waals surface area contributed by atoms with Gasteiger partial charge in [-0.1, -0.05) is 78.9 Å². The van der Waals surface area contributed by atoms with Crippen LogP contribution in [0, 0.1) is 0 Å². The smallest absolute Gasteiger partial charge is 0.416 e. The predicted octanol–water partition coefficient (Wildman–Crippen LogP) is 7.96. The van der Waals surface area contributed by atoms with Crippen molar-refractivity contribution in [3.63, 3.8) is 0 Å². The Balaban J connectivity index is 1.25. The summed E-state index contributed by atoms with van der Waals surface area (Å²) in [4.78, 5) is 41.3. The van der Waals surface area contributed by atoms with Gasteiger partial charge in [0.05, 0.1) is 5.56 Å². The summed E-state index contributed by atoms with van der Waals surface area (Å²) in [6, 6.07) is 27.3. The molecule has 1 aliphatic carbocycles. The molecule has 0 spiro atoms. The highest BCUT2D eigenvalue weighted by atomic mass is 19.4. The number of ether oxygens (including phenoxy) is 2. The van der Waals surface area contributed by atoms with Gasteiger partial charge in [-0.15, -0.1) is 0 Å². The summed E-state index contributed by atoms with van der Waals surface area (Å²) in [5.41, 5.74) is 4.95. The van der Waals surface area contributed by atoms with Crippen LogP contribution in [0.2, 0.25) is 0 Å². The molecule has 5 aromatic rings. The zero-order chi connectivity index (χ0) is 37.2. The minimum absolute atomic E-state index is 0.0515. The highest BCUT2D eigenvalue weighted by Crippen LogP contribution is 2.44. The Bertz CT molecular complexity index is 2050. The standard InChI is InChI=1S/C41H40F3N3O5/c1-40(2,3)52-37(48)22-45-38(49)36(46(4)39(50)51-25-34-32-14-7-5-12-30(32)31-13-6-8-15-33(31)34)21-27-24-47(35-16-10-9-11-29(27)35)23-26-17-19-28(20-18-26)41(42,43)44/h5-20,24,34,36H,21-23,25H2,1-4H3,(H,45,49). The molecule has 4 aromatic carbocycles. The van der Waals surface area contributed by atoms with E-state index in [1.165, 1.54) is 24.1 Å². The fourth-order valence-corrected chi connectivity index (χ4v) is 6.70. The van der Waals surface area contributed by atoms with Crippen molar-refractivity contribution >= 4 is 28.9 Å². The lowest BCUT2D eigenvalue weighted by Gasteiger charge is -2.27. The highest BCUT2D eigenvalue weighted by molar-refractivity contribution is 5.90. The largest absolute Gasteiger partial charge is 0.459 e. The number of nitrogens with zero attached hydrogens (tertiary/aromatic N) is 2. The van der Waals surface area contributed by atoms with Crippen LogP contribution in [0.25, 0.3) is 22.0 Å². The van der Waals surface area contributed by atoms with Crippen LogP contribution in [0.5, 0.6) is 0 Å². The monoisotopic (exact) mass is 711 g/mol. The predicted molar refractivity (Wildman–Crippen MR) is 192 cm³/mol. The molecule has 1 heterocycles. The van der Waals surface area contributed by atoms with Crippen molar-refractivity contribution in [3.05, 3.63) is 131 Å². The van der Waals surface area contributed by atoms with Crippen molar-refractivity contribution < 1.29 is 37.0 Å². The Morgan fingerprint density at radius 2 is 1.44 bits per heavy atom. The molecular weight excluding hydrogens is 671 g/mol. The maximum atomic E-state index is 13.8. The van der Waals surface area contributed by atoms with Crippen LogP contribution in [-0.4, -0.2) is 59.3 Å². The van der Waals surface area contributed by atoms with E-state index in [4.69, 9.17) is 9.47 Å². The molecule has 270 valence electrons. The molecule has 2 amide bonds. The maximum Gasteiger partial charge on any atom is 0.416 e. The fourth-order valence-electron chi connectivity index (χ4n) is 6.70. The quantitative estimate of drug-likeness (QED) is 0.149. The molecule has 0 bridgehead atoms. The van der Waals surface area contributed by atoms with Crippen LogP contribution < -0.4 is 5.32 Å². The minimum atomic E-state index is -4.44. The average molecular weight is 712 g/mol. The third-order valence-electron chi connectivity index (χ3n) is 9.14. The van der Waals surface area contributed by atoms with Gasteiger partial charge in [0, 0.05) is 43.0 Å². The average Bonchev–Trinajstić information content (AvgIpc) is 3.62. The van der Waals surface area contributed by atoms with Gasteiger partial charge in [0.25, 0.3) is 0 Å². The Morgan fingerprint density at radius 1 is 0.846 bits per heavy atom. The number of amides is 2. The van der Waals surface area contributed by atoms with Crippen molar-refractivity contribution in [2.24, 2.45) is 0 Å². The number of likely N-dealkylation sites (N-methyl/N-ethyl adjacent to an activating group) is 1. The van der Waals surface area contributed by atoms with Gasteiger partial charge in [0.15, 0.2) is 0 Å². The molecule has 1 aliphatic rings. The van der Waals surface area contributed by atoms with Crippen LogP contribution in [0.1, 0.15) is 54.5 Å². The van der Waals surface area contributed by atoms with Crippen LogP contribution >= 0.6 is 0 Å². The van der Waals surface area contributed by atoms with E-state index in [1.807, 2.05) is 83.6 Å². The molecule has 1 atom stereocenters. The Hall–Kier alpha value is -5.58. The van der Waals surface area contributed by atoms with E-state index in [0.29, 0.717) is 5.56 Å². The Kier molecular flexibility index (Phi) is 10.2. The second-order valence-corrected chi connectivity index (χ2v) is 13.9. The van der Waals surface area contributed by atoms with Gasteiger partial charge in [-0.2, -0.15) is 13.2 Å². The molecule has 11 heteroatoms. The minimum Gasteiger partial charge on any atom is -0.459 e. The number of carbonyl (C=O) groups excluding carboxylic acids is 3. The van der Waals surface area contributed by atoms with Crippen molar-refractivity contribution in [2.75, 3.05) is 20.2 Å². The van der Waals surface area contributed by atoms with Gasteiger partial charge < -0.3 is 19.4 Å². The third kappa shape index (κ3) is 7.98. The number of hydrogen-bond acceptors (Lipinski definition) is 5. The molecule has 0 aliphatic heterocycles. The zero-order valence-electron chi connectivity index (χ0n) is 29.4. The Labute approximate surface area is 300 Å². The van der Waals surface area contributed by atoms with E-state index in [9.17, 15) is 27.6 Å². The summed E-state index contributed by atoms with van der Waals surface area (Å²) >= 11 is 0. The third-order valence-corrected chi connectivity index (χ3v) is 9.14. The molecule has 6 rings (SSSR count). The molecule has 0 fully saturated rings. The lowest BCUT2D eigenvalue weighted by atomic mass is 9.98. The molecule has 1 N–H and O–H groups in total. The molecule has 1 unspecified atom stereocenters. The van der Waals surface area contributed by atoms with Gasteiger partial charge >= 0.3 is 18.2 Å². The first-order valence-electron chi connectivity index (χ1n) is 17.0. The van der Waals surface area contributed by atoms with E-state index in [0.717, 1.165) is 50.9 Å². The van der Waals surface area contributed by atoms with E-state index in [-0.39, 0.29) is 25.5 Å². The normalized spacial score (nSPS) is 13.3. The number of benzene rings is 4. The molecular formula is C41H40F3N3O5. The van der Waals surface area contributed by atoms with Gasteiger partial charge in [0.1, 0.15) is 24.8 Å². The number of nitrogens with one attached hydrogen (secondary N) is 1. The van der Waals surface area contributed by atoms with Crippen LogP contribution in [-0.2, 0) is 38.2 Å². The van der Waals surface area contributed by atoms with E-state index in [2.05, 4.69) is 5.32 Å². The SMILES string of the molecule is CN(C(=O)OCC1c2ccccc2-c2ccccc21)C(Cc1cn(Cc2ccc(C(F)(F)F)cc2)c2ccccc12)C(=O)NCC(=O)OC(C)(C)C. The number of halogens is 3. The molecule has 0 saturated heterocycles. The molecule has 0 saturated carbocycles. The lowest BCUT2D eigenvalue weighted by molar-refractivity contribution is -0.154. The molecule has 1 aromatic heterocycles. The van der Waals surface area contributed by atoms with Crippen molar-refractivity contribution in [2.45, 2.75) is 57.5 Å². The fraction of sp³-hybridized carbons (Fsp3) is 0.293. The maximum absolute atomic E-state index is 13.8. The number of aromatic nitrogens is 1. The molecule has 0 radical (unpaired) electrons. The number of alkyl halides is 3. The van der Waals surface area contributed by atoms with E-state index < -0.39 is 47.9 Å². The second kappa shape index (κ2) is 14.6. The van der Waals surface area contributed by atoms with Crippen LogP contribution in [0.15, 0.2) is 103 Å². The van der Waals surface area contributed by atoms with Gasteiger partial charge in [-0.3, -0.25) is 14.5 Å². The van der Waals surface area contributed by atoms with Gasteiger partial charge in [0.2, 0.25) is 5.91 Å². The molecule has 52 heavy (non-hydrogen) atoms. The topological polar surface area (TPSA) is 89.9 Å². The van der Waals surface area contributed by atoms with E-state index >= 15 is 0 Å². The summed E-state index contributed by atoms with van der Waals surface area (Å²) < 4.78 is 52.7. The zero-order valence-corrected chi connectivity index (χ0v) is 29.4. The van der Waals surface area contributed by atoms with Crippen molar-refractivity contribution in [1.82, 2.24) is 14.8 Å². The lowest BCUT2D eigenvalue weighted by Crippen LogP contribution is -2.50. The van der Waals surface area contributed by atoms with Crippen molar-refractivity contribution in [3.8, 4) is 11.1 Å². The number of carbonyl (C=O) groups is 3. The number of para-hydroxylation sites is 1. The first kappa shape index (κ1) is 36.2. The number of hydrogen-bond donors (Lipinski definition) is 1. The summed E-state index contributed by atoms with van der Waals surface area (Å²) in [6.45, 7) is 5.09. The van der Waals surface area contributed by atoms with Crippen molar-refractivity contribution in [1.29, 1.82) is 0 Å². The van der Waals surface area contributed by atoms with Gasteiger partial charge in [-0.05, 0) is 72.4 Å². The first-order chi connectivity index (χ1) is 24.7. The first-order valence-corrected chi connectivity index (χ1v) is 17.0. The number of esters is 1. The summed E-state index contributed by atoms with van der Waals surface area (Å²) in [5, 5.41) is 3.44. The van der Waals surface area contributed by atoms with E-state index in [1.54, 1.807) is 20.8 Å². The van der Waals surface area contributed by atoms with Crippen LogP contribution in [0.3, 0.4) is 0 Å². The summed E-state index contributed by atoms with van der Waals surface area (Å²) in [7, 11) is 1.48. The van der Waals surface area contributed by atoms with Gasteiger partial charge in [-0.25, -0.2) is 4.79 Å². The molecule has 8 nitrogen and oxygen atoms in total. The number of fused-ring (bicyclic) bond motifs is 4. The second-order valence-electron chi connectivity index (χ2n) is 13.9. The summed E-state index contributed by atoms with van der Waals surface area (Å²) in [6.07, 6.45) is -3.26. The van der Waals surface area contributed by atoms with Crippen LogP contribution in [0.4, 0.5) is 18.0 Å². The summed E-state index contributed by atoms with van der Waals surface area (Å²) in [5.74, 6) is -1.40. The highest BCUT2D eigenvalue weighted by Gasteiger charge is 2.34. The Morgan fingerprint density at radius 3 is 2.06 bits per heavy atom. The number of rotatable bonds is 10.